The number of imide groups is 1. The number of nitrogens with two attached hydrogens (primary N) is 1. The van der Waals surface area contributed by atoms with Crippen molar-refractivity contribution in [2.75, 3.05) is 13.1 Å². The van der Waals surface area contributed by atoms with E-state index >= 15 is 0 Å². The van der Waals surface area contributed by atoms with E-state index in [0.717, 1.165) is 0 Å². The summed E-state index contributed by atoms with van der Waals surface area (Å²) in [6.07, 6.45) is -4.69. The van der Waals surface area contributed by atoms with E-state index < -0.39 is 37.2 Å². The summed E-state index contributed by atoms with van der Waals surface area (Å²) in [7, 11) is 0. The van der Waals surface area contributed by atoms with Crippen molar-refractivity contribution in [3.05, 3.63) is 0 Å². The molecule has 1 unspecified atom stereocenters. The Morgan fingerprint density at radius 3 is 2.36 bits per heavy atom. The smallest absolute Gasteiger partial charge is 0.329 e. The van der Waals surface area contributed by atoms with E-state index in [-0.39, 0.29) is 4.90 Å². The molecule has 5 nitrogen and oxygen atoms in total. The number of urea groups is 1. The van der Waals surface area contributed by atoms with Crippen LogP contribution in [0, 0.1) is 0 Å². The molecule has 0 saturated carbocycles. The Bertz CT molecular complexity index is 250. The molecular formula is C6H8F3N3O2. The number of nitrogens with zero attached hydrogens (tertiary/aromatic N) is 1. The van der Waals surface area contributed by atoms with Crippen LogP contribution in [0.2, 0.25) is 0 Å². The van der Waals surface area contributed by atoms with E-state index in [1.807, 2.05) is 5.32 Å². The van der Waals surface area contributed by atoms with Gasteiger partial charge in [-0.3, -0.25) is 4.79 Å². The largest absolute Gasteiger partial charge is 0.410 e. The summed E-state index contributed by atoms with van der Waals surface area (Å²) < 4.78 is 36.8. The van der Waals surface area contributed by atoms with Crippen LogP contribution in [0.4, 0.5) is 18.0 Å². The van der Waals surface area contributed by atoms with Crippen LogP contribution >= 0.6 is 0 Å². The zero-order valence-corrected chi connectivity index (χ0v) is 6.97. The molecule has 0 aromatic rings. The summed E-state index contributed by atoms with van der Waals surface area (Å²) in [5, 5.41) is 1.99. The summed E-state index contributed by atoms with van der Waals surface area (Å²) in [5.74, 6) is -0.914. The van der Waals surface area contributed by atoms with Gasteiger partial charge in [0.05, 0.1) is 6.54 Å². The van der Waals surface area contributed by atoms with Gasteiger partial charge in [-0.2, -0.15) is 13.2 Å². The fraction of sp³-hybridized carbons (Fsp3) is 0.667. The lowest BCUT2D eigenvalue weighted by Crippen LogP contribution is -2.53. The Hall–Kier alpha value is -1.31. The van der Waals surface area contributed by atoms with Gasteiger partial charge in [0.15, 0.2) is 0 Å². The molecule has 8 heteroatoms. The van der Waals surface area contributed by atoms with E-state index in [1.54, 1.807) is 0 Å². The van der Waals surface area contributed by atoms with E-state index in [2.05, 4.69) is 0 Å². The quantitative estimate of drug-likeness (QED) is 0.600. The average molecular weight is 211 g/mol. The van der Waals surface area contributed by atoms with Crippen molar-refractivity contribution in [3.63, 3.8) is 0 Å². The number of rotatable bonds is 2. The molecule has 1 atom stereocenters. The standard InChI is InChI=1S/C6H8F3N3O2/c7-6(8,9)3(1-10)12-4(13)2-11-5(12)14/h3H,1-2,10H2,(H,11,14). The van der Waals surface area contributed by atoms with E-state index in [9.17, 15) is 22.8 Å². The Labute approximate surface area is 77.0 Å². The number of amides is 3. The fourth-order valence-corrected chi connectivity index (χ4v) is 1.14. The molecule has 3 amide bonds. The van der Waals surface area contributed by atoms with Crippen molar-refractivity contribution in [1.29, 1.82) is 0 Å². The van der Waals surface area contributed by atoms with Crippen molar-refractivity contribution >= 4 is 11.9 Å². The average Bonchev–Trinajstić information content (AvgIpc) is 2.34. The van der Waals surface area contributed by atoms with Crippen LogP contribution in [0.1, 0.15) is 0 Å². The Morgan fingerprint density at radius 2 is 2.07 bits per heavy atom. The minimum Gasteiger partial charge on any atom is -0.329 e. The first kappa shape index (κ1) is 10.8. The van der Waals surface area contributed by atoms with Crippen LogP contribution in [-0.4, -0.2) is 42.1 Å². The number of alkyl halides is 3. The highest BCUT2D eigenvalue weighted by Crippen LogP contribution is 2.25. The maximum absolute atomic E-state index is 12.3. The van der Waals surface area contributed by atoms with Gasteiger partial charge in [-0.1, -0.05) is 0 Å². The summed E-state index contributed by atoms with van der Waals surface area (Å²) in [4.78, 5) is 21.9. The molecule has 0 aromatic heterocycles. The Morgan fingerprint density at radius 1 is 1.50 bits per heavy atom. The molecule has 1 aliphatic heterocycles. The third-order valence-corrected chi connectivity index (χ3v) is 1.79. The molecule has 1 aliphatic rings. The lowest BCUT2D eigenvalue weighted by molar-refractivity contribution is -0.177. The molecule has 0 radical (unpaired) electrons. The summed E-state index contributed by atoms with van der Waals surface area (Å²) in [6.45, 7) is -1.24. The zero-order chi connectivity index (χ0) is 10.9. The summed E-state index contributed by atoms with van der Waals surface area (Å²) >= 11 is 0. The van der Waals surface area contributed by atoms with Crippen molar-refractivity contribution in [2.24, 2.45) is 5.73 Å². The predicted octanol–water partition coefficient (Wildman–Crippen LogP) is -0.572. The third-order valence-electron chi connectivity index (χ3n) is 1.79. The lowest BCUT2D eigenvalue weighted by atomic mass is 10.2. The summed E-state index contributed by atoms with van der Waals surface area (Å²) in [6, 6.07) is -3.29. The van der Waals surface area contributed by atoms with Crippen LogP contribution in [0.15, 0.2) is 0 Å². The van der Waals surface area contributed by atoms with E-state index in [1.165, 1.54) is 0 Å². The van der Waals surface area contributed by atoms with Gasteiger partial charge >= 0.3 is 12.2 Å². The molecule has 1 rings (SSSR count). The second-order valence-corrected chi connectivity index (χ2v) is 2.72. The number of carbonyl (C=O) groups excluding carboxylic acids is 2. The Kier molecular flexibility index (Phi) is 2.65. The van der Waals surface area contributed by atoms with Gasteiger partial charge in [0, 0.05) is 6.54 Å². The van der Waals surface area contributed by atoms with Gasteiger partial charge in [-0.05, 0) is 0 Å². The molecule has 1 saturated heterocycles. The van der Waals surface area contributed by atoms with E-state index in [4.69, 9.17) is 5.73 Å². The lowest BCUT2D eigenvalue weighted by Gasteiger charge is -2.25. The highest BCUT2D eigenvalue weighted by atomic mass is 19.4. The maximum Gasteiger partial charge on any atom is 0.410 e. The molecule has 0 bridgehead atoms. The fourth-order valence-electron chi connectivity index (χ4n) is 1.14. The van der Waals surface area contributed by atoms with Crippen molar-refractivity contribution in [3.8, 4) is 0 Å². The second kappa shape index (κ2) is 3.45. The molecule has 3 N–H and O–H groups in total. The van der Waals surface area contributed by atoms with Crippen LogP contribution in [0.5, 0.6) is 0 Å². The zero-order valence-electron chi connectivity index (χ0n) is 6.97. The van der Waals surface area contributed by atoms with E-state index in [0.29, 0.717) is 0 Å². The molecule has 80 valence electrons. The first-order valence-electron chi connectivity index (χ1n) is 3.74. The second-order valence-electron chi connectivity index (χ2n) is 2.72. The van der Waals surface area contributed by atoms with Gasteiger partial charge in [0.25, 0.3) is 5.91 Å². The number of hydrogen-bond acceptors (Lipinski definition) is 3. The number of hydrogen-bond donors (Lipinski definition) is 2. The van der Waals surface area contributed by atoms with Crippen LogP contribution < -0.4 is 11.1 Å². The Balaban J connectivity index is 2.89. The topological polar surface area (TPSA) is 75.4 Å². The summed E-state index contributed by atoms with van der Waals surface area (Å²) in [5.41, 5.74) is 4.87. The minimum absolute atomic E-state index is 0.111. The molecule has 0 spiro atoms. The van der Waals surface area contributed by atoms with Crippen LogP contribution in [0.25, 0.3) is 0 Å². The first-order chi connectivity index (χ1) is 6.38. The number of nitrogens with one attached hydrogen (secondary N) is 1. The van der Waals surface area contributed by atoms with Crippen LogP contribution in [-0.2, 0) is 4.79 Å². The van der Waals surface area contributed by atoms with Crippen molar-refractivity contribution in [1.82, 2.24) is 10.2 Å². The molecule has 1 fully saturated rings. The van der Waals surface area contributed by atoms with Gasteiger partial charge in [-0.25, -0.2) is 9.69 Å². The van der Waals surface area contributed by atoms with Crippen LogP contribution in [0.3, 0.4) is 0 Å². The maximum atomic E-state index is 12.3. The minimum atomic E-state index is -4.69. The molecular weight excluding hydrogens is 203 g/mol. The normalized spacial score (nSPS) is 19.9. The predicted molar refractivity (Wildman–Crippen MR) is 39.1 cm³/mol. The SMILES string of the molecule is NCC(N1C(=O)CNC1=O)C(F)(F)F. The molecule has 0 aromatic carbocycles. The van der Waals surface area contributed by atoms with Gasteiger partial charge in [-0.15, -0.1) is 0 Å². The number of carbonyl (C=O) groups is 2. The van der Waals surface area contributed by atoms with Gasteiger partial charge in [0.2, 0.25) is 0 Å². The van der Waals surface area contributed by atoms with Crippen molar-refractivity contribution in [2.45, 2.75) is 12.2 Å². The van der Waals surface area contributed by atoms with Crippen molar-refractivity contribution < 1.29 is 22.8 Å². The molecule has 1 heterocycles. The highest BCUT2D eigenvalue weighted by Gasteiger charge is 2.49. The third kappa shape index (κ3) is 1.79. The van der Waals surface area contributed by atoms with Gasteiger partial charge in [0.1, 0.15) is 6.04 Å². The number of halogens is 3. The molecule has 14 heavy (non-hydrogen) atoms. The monoisotopic (exact) mass is 211 g/mol. The first-order valence-corrected chi connectivity index (χ1v) is 3.74. The van der Waals surface area contributed by atoms with Gasteiger partial charge < -0.3 is 11.1 Å². The molecule has 0 aliphatic carbocycles. The highest BCUT2D eigenvalue weighted by molar-refractivity contribution is 6.02.